The van der Waals surface area contributed by atoms with Gasteiger partial charge in [0.2, 0.25) is 10.0 Å². The van der Waals surface area contributed by atoms with Gasteiger partial charge in [0.15, 0.2) is 0 Å². The van der Waals surface area contributed by atoms with Crippen molar-refractivity contribution in [3.05, 3.63) is 0 Å². The van der Waals surface area contributed by atoms with Crippen molar-refractivity contribution in [1.29, 1.82) is 0 Å². The van der Waals surface area contributed by atoms with Gasteiger partial charge in [0.1, 0.15) is 0 Å². The molecule has 0 unspecified atom stereocenters. The molecule has 0 aromatic rings. The Kier molecular flexibility index (Phi) is 5.13. The maximum Gasteiger partial charge on any atom is 0.281 e. The molecule has 1 heterocycles. The molecule has 0 radical (unpaired) electrons. The summed E-state index contributed by atoms with van der Waals surface area (Å²) in [6.07, 6.45) is 1.01. The molecule has 1 N–H and O–H groups in total. The summed E-state index contributed by atoms with van der Waals surface area (Å²) in [6, 6.07) is -0.163. The molecule has 0 spiro atoms. The molecule has 1 saturated heterocycles. The van der Waals surface area contributed by atoms with Crippen LogP contribution in [0, 0.1) is 0 Å². The summed E-state index contributed by atoms with van der Waals surface area (Å²) >= 11 is 0. The van der Waals surface area contributed by atoms with Gasteiger partial charge in [-0.3, -0.25) is 0 Å². The van der Waals surface area contributed by atoms with Gasteiger partial charge in [0.05, 0.1) is 5.75 Å². The highest BCUT2D eigenvalue weighted by atomic mass is 32.2. The first-order chi connectivity index (χ1) is 8.19. The molecule has 0 atom stereocenters. The number of piperidine rings is 1. The van der Waals surface area contributed by atoms with E-state index < -0.39 is 20.2 Å². The van der Waals surface area contributed by atoms with Crippen molar-refractivity contribution in [2.45, 2.75) is 25.8 Å². The molecule has 0 aromatic heterocycles. The van der Waals surface area contributed by atoms with E-state index in [-0.39, 0.29) is 11.8 Å². The summed E-state index contributed by atoms with van der Waals surface area (Å²) in [5.41, 5.74) is 0. The van der Waals surface area contributed by atoms with Crippen LogP contribution in [0.1, 0.15) is 19.8 Å². The first-order valence-corrected chi connectivity index (χ1v) is 8.91. The van der Waals surface area contributed by atoms with E-state index in [0.29, 0.717) is 25.9 Å². The third-order valence-electron chi connectivity index (χ3n) is 2.97. The number of hydrogen-bond donors (Lipinski definition) is 1. The van der Waals surface area contributed by atoms with E-state index in [9.17, 15) is 16.8 Å². The molecular formula is C9H21N3O4S2. The van der Waals surface area contributed by atoms with Crippen molar-refractivity contribution in [3.8, 4) is 0 Å². The van der Waals surface area contributed by atoms with E-state index in [1.807, 2.05) is 0 Å². The van der Waals surface area contributed by atoms with Crippen molar-refractivity contribution < 1.29 is 16.8 Å². The van der Waals surface area contributed by atoms with Crippen molar-refractivity contribution in [2.24, 2.45) is 0 Å². The normalized spacial score (nSPS) is 20.4. The molecule has 1 aliphatic heterocycles. The molecule has 18 heavy (non-hydrogen) atoms. The molecule has 1 rings (SSSR count). The summed E-state index contributed by atoms with van der Waals surface area (Å²) in [5, 5.41) is 0. The number of nitrogens with zero attached hydrogens (tertiary/aromatic N) is 2. The summed E-state index contributed by atoms with van der Waals surface area (Å²) in [6.45, 7) is 2.27. The Balaban J connectivity index is 2.57. The van der Waals surface area contributed by atoms with E-state index in [4.69, 9.17) is 0 Å². The second-order valence-electron chi connectivity index (χ2n) is 4.48. The van der Waals surface area contributed by atoms with Crippen molar-refractivity contribution in [2.75, 3.05) is 32.9 Å². The highest BCUT2D eigenvalue weighted by molar-refractivity contribution is 7.89. The largest absolute Gasteiger partial charge is 0.281 e. The highest BCUT2D eigenvalue weighted by Gasteiger charge is 2.30. The third kappa shape index (κ3) is 3.89. The fraction of sp³-hybridized carbons (Fsp3) is 1.00. The maximum absolute atomic E-state index is 11.8. The summed E-state index contributed by atoms with van der Waals surface area (Å²) in [7, 11) is -3.63. The molecule has 7 nitrogen and oxygen atoms in total. The van der Waals surface area contributed by atoms with Crippen LogP contribution in [0.3, 0.4) is 0 Å². The van der Waals surface area contributed by atoms with Crippen molar-refractivity contribution >= 4 is 20.2 Å². The molecule has 0 saturated carbocycles. The lowest BCUT2D eigenvalue weighted by atomic mass is 10.1. The van der Waals surface area contributed by atoms with Gasteiger partial charge >= 0.3 is 0 Å². The first kappa shape index (κ1) is 15.8. The van der Waals surface area contributed by atoms with Crippen molar-refractivity contribution in [3.63, 3.8) is 0 Å². The number of nitrogens with one attached hydrogen (secondary N) is 1. The van der Waals surface area contributed by atoms with Crippen LogP contribution in [0.25, 0.3) is 0 Å². The Hall–Kier alpha value is -0.220. The average molecular weight is 299 g/mol. The van der Waals surface area contributed by atoms with E-state index in [1.165, 1.54) is 22.7 Å². The molecule has 0 aromatic carbocycles. The number of sulfonamides is 1. The number of hydrogen-bond acceptors (Lipinski definition) is 4. The summed E-state index contributed by atoms with van der Waals surface area (Å²) in [5.74, 6) is 0.0449. The van der Waals surface area contributed by atoms with Crippen LogP contribution < -0.4 is 4.72 Å². The Bertz CT molecular complexity index is 464. The molecule has 0 amide bonds. The van der Waals surface area contributed by atoms with Crippen LogP contribution in [0.5, 0.6) is 0 Å². The van der Waals surface area contributed by atoms with Gasteiger partial charge in [-0.05, 0) is 19.8 Å². The molecule has 1 aliphatic rings. The molecule has 9 heteroatoms. The fourth-order valence-electron chi connectivity index (χ4n) is 1.77. The first-order valence-electron chi connectivity index (χ1n) is 5.86. The predicted molar refractivity (Wildman–Crippen MR) is 69.8 cm³/mol. The molecule has 0 aliphatic carbocycles. The highest BCUT2D eigenvalue weighted by Crippen LogP contribution is 2.16. The monoisotopic (exact) mass is 299 g/mol. The SMILES string of the molecule is CCS(=O)(=O)NC1CCN(S(=O)(=O)N(C)C)CC1. The van der Waals surface area contributed by atoms with Gasteiger partial charge in [-0.1, -0.05) is 0 Å². The minimum Gasteiger partial charge on any atom is -0.212 e. The second-order valence-corrected chi connectivity index (χ2v) is 8.67. The lowest BCUT2D eigenvalue weighted by Crippen LogP contribution is -2.49. The lowest BCUT2D eigenvalue weighted by Gasteiger charge is -2.32. The average Bonchev–Trinajstić information content (AvgIpc) is 2.29. The van der Waals surface area contributed by atoms with Gasteiger partial charge in [0, 0.05) is 33.2 Å². The van der Waals surface area contributed by atoms with Crippen LogP contribution >= 0.6 is 0 Å². The van der Waals surface area contributed by atoms with Crippen LogP contribution in [-0.2, 0) is 20.2 Å². The fourth-order valence-corrected chi connectivity index (χ4v) is 3.82. The Morgan fingerprint density at radius 3 is 2.06 bits per heavy atom. The smallest absolute Gasteiger partial charge is 0.212 e. The zero-order chi connectivity index (χ0) is 14.0. The van der Waals surface area contributed by atoms with E-state index in [0.717, 1.165) is 0 Å². The molecule has 108 valence electrons. The van der Waals surface area contributed by atoms with E-state index in [2.05, 4.69) is 4.72 Å². The van der Waals surface area contributed by atoms with Crippen molar-refractivity contribution in [1.82, 2.24) is 13.3 Å². The van der Waals surface area contributed by atoms with Gasteiger partial charge in [-0.2, -0.15) is 17.0 Å². The van der Waals surface area contributed by atoms with Gasteiger partial charge in [-0.25, -0.2) is 13.1 Å². The zero-order valence-electron chi connectivity index (χ0n) is 11.0. The minimum absolute atomic E-state index is 0.0449. The van der Waals surface area contributed by atoms with Crippen LogP contribution in [0.2, 0.25) is 0 Å². The third-order valence-corrected chi connectivity index (χ3v) is 6.36. The summed E-state index contributed by atoms with van der Waals surface area (Å²) in [4.78, 5) is 0. The second kappa shape index (κ2) is 5.83. The Morgan fingerprint density at radius 1 is 1.17 bits per heavy atom. The Morgan fingerprint density at radius 2 is 1.67 bits per heavy atom. The van der Waals surface area contributed by atoms with Gasteiger partial charge < -0.3 is 0 Å². The van der Waals surface area contributed by atoms with E-state index >= 15 is 0 Å². The molecular weight excluding hydrogens is 278 g/mol. The lowest BCUT2D eigenvalue weighted by molar-refractivity contribution is 0.293. The quantitative estimate of drug-likeness (QED) is 0.720. The minimum atomic E-state index is -3.38. The Labute approximate surface area is 109 Å². The van der Waals surface area contributed by atoms with Crippen LogP contribution in [-0.4, -0.2) is 64.4 Å². The standard InChI is InChI=1S/C9H21N3O4S2/c1-4-17(13,14)10-9-5-7-12(8-6-9)18(15,16)11(2)3/h9-10H,4-8H2,1-3H3. The topological polar surface area (TPSA) is 86.8 Å². The summed E-state index contributed by atoms with van der Waals surface area (Å²) < 4.78 is 51.6. The van der Waals surface area contributed by atoms with Crippen LogP contribution in [0.15, 0.2) is 0 Å². The molecule has 0 bridgehead atoms. The predicted octanol–water partition coefficient (Wildman–Crippen LogP) is -0.803. The molecule has 1 fully saturated rings. The van der Waals surface area contributed by atoms with Crippen LogP contribution in [0.4, 0.5) is 0 Å². The van der Waals surface area contributed by atoms with Gasteiger partial charge in [-0.15, -0.1) is 0 Å². The number of rotatable bonds is 5. The van der Waals surface area contributed by atoms with Gasteiger partial charge in [0.25, 0.3) is 10.2 Å². The maximum atomic E-state index is 11.8. The van der Waals surface area contributed by atoms with E-state index in [1.54, 1.807) is 6.92 Å². The zero-order valence-corrected chi connectivity index (χ0v) is 12.6.